The van der Waals surface area contributed by atoms with Gasteiger partial charge in [0, 0.05) is 17.1 Å². The van der Waals surface area contributed by atoms with Crippen LogP contribution in [0.1, 0.15) is 39.2 Å². The zero-order chi connectivity index (χ0) is 22.7. The van der Waals surface area contributed by atoms with Crippen molar-refractivity contribution in [2.45, 2.75) is 45.6 Å². The van der Waals surface area contributed by atoms with Crippen LogP contribution in [0.2, 0.25) is 10.0 Å². The third-order valence-corrected chi connectivity index (χ3v) is 6.14. The van der Waals surface area contributed by atoms with Crippen molar-refractivity contribution in [1.29, 1.82) is 0 Å². The van der Waals surface area contributed by atoms with E-state index >= 15 is 0 Å². The Morgan fingerprint density at radius 2 is 1.66 bits per heavy atom. The molecular formula is C27H28Cl2N2O. The fourth-order valence-electron chi connectivity index (χ4n) is 3.79. The molecular weight excluding hydrogens is 439 g/mol. The summed E-state index contributed by atoms with van der Waals surface area (Å²) in [5, 5.41) is 1.23. The highest BCUT2D eigenvalue weighted by molar-refractivity contribution is 6.36. The molecule has 0 fully saturated rings. The van der Waals surface area contributed by atoms with Gasteiger partial charge in [-0.05, 0) is 66.3 Å². The molecule has 0 radical (unpaired) electrons. The summed E-state index contributed by atoms with van der Waals surface area (Å²) in [4.78, 5) is 4.85. The van der Waals surface area contributed by atoms with E-state index in [0.717, 1.165) is 47.6 Å². The van der Waals surface area contributed by atoms with Gasteiger partial charge in [-0.3, -0.25) is 0 Å². The van der Waals surface area contributed by atoms with Crippen molar-refractivity contribution in [3.63, 3.8) is 0 Å². The number of imidazole rings is 1. The molecule has 5 heteroatoms. The molecule has 0 bridgehead atoms. The molecule has 4 rings (SSSR count). The van der Waals surface area contributed by atoms with Crippen LogP contribution < -0.4 is 4.74 Å². The van der Waals surface area contributed by atoms with E-state index in [1.54, 1.807) is 6.07 Å². The van der Waals surface area contributed by atoms with Crippen molar-refractivity contribution in [1.82, 2.24) is 9.55 Å². The van der Waals surface area contributed by atoms with E-state index in [-0.39, 0.29) is 5.41 Å². The van der Waals surface area contributed by atoms with E-state index in [1.807, 2.05) is 30.3 Å². The zero-order valence-electron chi connectivity index (χ0n) is 18.7. The van der Waals surface area contributed by atoms with Gasteiger partial charge >= 0.3 is 0 Å². The Morgan fingerprint density at radius 1 is 0.906 bits per heavy atom. The third-order valence-electron chi connectivity index (χ3n) is 5.59. The van der Waals surface area contributed by atoms with Crippen molar-refractivity contribution < 1.29 is 4.74 Å². The minimum Gasteiger partial charge on any atom is -0.494 e. The summed E-state index contributed by atoms with van der Waals surface area (Å²) in [6.07, 6.45) is 1.92. The summed E-state index contributed by atoms with van der Waals surface area (Å²) in [7, 11) is 0. The number of ether oxygens (including phenoxy) is 1. The van der Waals surface area contributed by atoms with Crippen LogP contribution in [0.5, 0.6) is 5.75 Å². The fourth-order valence-corrected chi connectivity index (χ4v) is 4.28. The molecule has 1 heterocycles. The van der Waals surface area contributed by atoms with Crippen molar-refractivity contribution in [3.05, 3.63) is 82.3 Å². The molecule has 166 valence electrons. The van der Waals surface area contributed by atoms with Gasteiger partial charge in [-0.15, -0.1) is 0 Å². The molecule has 0 saturated carbocycles. The number of benzene rings is 3. The topological polar surface area (TPSA) is 27.1 Å². The highest BCUT2D eigenvalue weighted by Crippen LogP contribution is 2.32. The number of hydrogen-bond donors (Lipinski definition) is 0. The smallest absolute Gasteiger partial charge is 0.142 e. The van der Waals surface area contributed by atoms with E-state index in [9.17, 15) is 0 Å². The van der Waals surface area contributed by atoms with E-state index < -0.39 is 0 Å². The minimum atomic E-state index is 0.150. The van der Waals surface area contributed by atoms with Gasteiger partial charge < -0.3 is 9.30 Å². The van der Waals surface area contributed by atoms with Crippen LogP contribution in [0, 0.1) is 0 Å². The van der Waals surface area contributed by atoms with Crippen LogP contribution in [-0.4, -0.2) is 16.2 Å². The fraction of sp³-hybridized carbons (Fsp3) is 0.296. The van der Waals surface area contributed by atoms with Gasteiger partial charge in [-0.1, -0.05) is 68.2 Å². The Balaban J connectivity index is 1.43. The number of halogens is 2. The molecule has 4 aromatic rings. The second kappa shape index (κ2) is 9.56. The first-order valence-electron chi connectivity index (χ1n) is 11.0. The molecule has 3 nitrogen and oxygen atoms in total. The lowest BCUT2D eigenvalue weighted by Gasteiger charge is -2.19. The van der Waals surface area contributed by atoms with Gasteiger partial charge in [0.25, 0.3) is 0 Å². The molecule has 0 aliphatic rings. The normalized spacial score (nSPS) is 11.8. The summed E-state index contributed by atoms with van der Waals surface area (Å²) >= 11 is 12.6. The SMILES string of the molecule is CC(C)(C)c1ccc(OCCCCn2c(-c3ccc(Cl)cc3Cl)nc3ccccc32)cc1. The highest BCUT2D eigenvalue weighted by atomic mass is 35.5. The predicted molar refractivity (Wildman–Crippen MR) is 135 cm³/mol. The molecule has 0 spiro atoms. The molecule has 1 aromatic heterocycles. The first kappa shape index (κ1) is 22.7. The van der Waals surface area contributed by atoms with Crippen LogP contribution in [0.15, 0.2) is 66.7 Å². The Bertz CT molecular complexity index is 1210. The standard InChI is InChI=1S/C27H28Cl2N2O/c1-27(2,3)19-10-13-21(14-11-19)32-17-7-6-16-31-25-9-5-4-8-24(25)30-26(31)22-15-12-20(28)18-23(22)29/h4-5,8-15,18H,6-7,16-17H2,1-3H3. The largest absolute Gasteiger partial charge is 0.494 e. The third kappa shape index (κ3) is 5.11. The Hall–Kier alpha value is -2.49. The molecule has 3 aromatic carbocycles. The summed E-state index contributed by atoms with van der Waals surface area (Å²) in [6, 6.07) is 22.1. The predicted octanol–water partition coefficient (Wildman–Crippen LogP) is 8.17. The number of para-hydroxylation sites is 2. The lowest BCUT2D eigenvalue weighted by Crippen LogP contribution is -2.10. The van der Waals surface area contributed by atoms with Crippen molar-refractivity contribution >= 4 is 34.2 Å². The van der Waals surface area contributed by atoms with Crippen LogP contribution in [0.25, 0.3) is 22.4 Å². The van der Waals surface area contributed by atoms with Gasteiger partial charge in [0.1, 0.15) is 11.6 Å². The van der Waals surface area contributed by atoms with Gasteiger partial charge in [0.15, 0.2) is 0 Å². The van der Waals surface area contributed by atoms with E-state index in [0.29, 0.717) is 16.7 Å². The number of aryl methyl sites for hydroxylation is 1. The summed E-state index contributed by atoms with van der Waals surface area (Å²) in [6.45, 7) is 8.16. The second-order valence-corrected chi connectivity index (χ2v) is 9.87. The molecule has 0 atom stereocenters. The molecule has 0 N–H and O–H groups in total. The number of nitrogens with zero attached hydrogens (tertiary/aromatic N) is 2. The van der Waals surface area contributed by atoms with E-state index in [1.165, 1.54) is 5.56 Å². The van der Waals surface area contributed by atoms with Crippen LogP contribution in [-0.2, 0) is 12.0 Å². The average Bonchev–Trinajstić information content (AvgIpc) is 3.11. The molecule has 0 saturated heterocycles. The zero-order valence-corrected chi connectivity index (χ0v) is 20.2. The number of rotatable bonds is 7. The summed E-state index contributed by atoms with van der Waals surface area (Å²) in [5.74, 6) is 1.78. The Labute approximate surface area is 200 Å². The van der Waals surface area contributed by atoms with Crippen molar-refractivity contribution in [3.8, 4) is 17.1 Å². The number of fused-ring (bicyclic) bond motifs is 1. The number of unbranched alkanes of at least 4 members (excludes halogenated alkanes) is 1. The maximum atomic E-state index is 6.50. The first-order valence-corrected chi connectivity index (χ1v) is 11.7. The van der Waals surface area contributed by atoms with E-state index in [4.69, 9.17) is 32.9 Å². The van der Waals surface area contributed by atoms with E-state index in [2.05, 4.69) is 55.7 Å². The summed E-state index contributed by atoms with van der Waals surface area (Å²) < 4.78 is 8.21. The molecule has 0 aliphatic carbocycles. The van der Waals surface area contributed by atoms with Gasteiger partial charge in [0.05, 0.1) is 22.7 Å². The first-order chi connectivity index (χ1) is 15.3. The molecule has 32 heavy (non-hydrogen) atoms. The van der Waals surface area contributed by atoms with Crippen LogP contribution >= 0.6 is 23.2 Å². The quantitative estimate of drug-likeness (QED) is 0.256. The van der Waals surface area contributed by atoms with Gasteiger partial charge in [-0.25, -0.2) is 4.98 Å². The average molecular weight is 467 g/mol. The summed E-state index contributed by atoms with van der Waals surface area (Å²) in [5.41, 5.74) is 4.42. The van der Waals surface area contributed by atoms with Crippen LogP contribution in [0.4, 0.5) is 0 Å². The minimum absolute atomic E-state index is 0.150. The molecule has 0 unspecified atom stereocenters. The maximum Gasteiger partial charge on any atom is 0.142 e. The Morgan fingerprint density at radius 3 is 2.38 bits per heavy atom. The number of aromatic nitrogens is 2. The molecule has 0 amide bonds. The Kier molecular flexibility index (Phi) is 6.78. The van der Waals surface area contributed by atoms with Crippen molar-refractivity contribution in [2.75, 3.05) is 6.61 Å². The van der Waals surface area contributed by atoms with Gasteiger partial charge in [-0.2, -0.15) is 0 Å². The second-order valence-electron chi connectivity index (χ2n) is 9.03. The lowest BCUT2D eigenvalue weighted by atomic mass is 9.87. The highest BCUT2D eigenvalue weighted by Gasteiger charge is 2.15. The molecule has 0 aliphatic heterocycles. The number of hydrogen-bond acceptors (Lipinski definition) is 2. The van der Waals surface area contributed by atoms with Crippen LogP contribution in [0.3, 0.4) is 0 Å². The van der Waals surface area contributed by atoms with Gasteiger partial charge in [0.2, 0.25) is 0 Å². The maximum absolute atomic E-state index is 6.50. The lowest BCUT2D eigenvalue weighted by molar-refractivity contribution is 0.303. The monoisotopic (exact) mass is 466 g/mol. The van der Waals surface area contributed by atoms with Crippen molar-refractivity contribution in [2.24, 2.45) is 0 Å².